The zero-order chi connectivity index (χ0) is 16.6. The van der Waals surface area contributed by atoms with E-state index in [-0.39, 0.29) is 11.9 Å². The van der Waals surface area contributed by atoms with Gasteiger partial charge in [-0.25, -0.2) is 9.97 Å². The van der Waals surface area contributed by atoms with E-state index in [1.165, 1.54) is 0 Å². The summed E-state index contributed by atoms with van der Waals surface area (Å²) in [6.07, 6.45) is 0.939. The van der Waals surface area contributed by atoms with Crippen LogP contribution in [0.3, 0.4) is 0 Å². The molecule has 6 heteroatoms. The maximum absolute atomic E-state index is 11.5. The Morgan fingerprint density at radius 3 is 2.87 bits per heavy atom. The fourth-order valence-electron chi connectivity index (χ4n) is 3.02. The number of likely N-dealkylation sites (N-methyl/N-ethyl adjacent to an activating group) is 1. The third-order valence-corrected chi connectivity index (χ3v) is 4.57. The molecule has 1 unspecified atom stereocenters. The van der Waals surface area contributed by atoms with Crippen LogP contribution in [0.25, 0.3) is 10.9 Å². The fraction of sp³-hybridized carbons (Fsp3) is 0.471. The molecule has 1 aliphatic rings. The minimum absolute atomic E-state index is 0.0946. The van der Waals surface area contributed by atoms with Gasteiger partial charge in [0.2, 0.25) is 11.9 Å². The van der Waals surface area contributed by atoms with Gasteiger partial charge in [0.15, 0.2) is 0 Å². The molecular formula is C17H22N4O2. The van der Waals surface area contributed by atoms with Crippen molar-refractivity contribution in [3.8, 4) is 5.75 Å². The number of carbonyl (C=O) groups is 1. The van der Waals surface area contributed by atoms with E-state index in [9.17, 15) is 4.79 Å². The van der Waals surface area contributed by atoms with Crippen LogP contribution in [0.2, 0.25) is 0 Å². The lowest BCUT2D eigenvalue weighted by atomic mass is 10.2. The van der Waals surface area contributed by atoms with Gasteiger partial charge >= 0.3 is 0 Å². The van der Waals surface area contributed by atoms with Crippen LogP contribution >= 0.6 is 0 Å². The number of carbonyl (C=O) groups excluding carboxylic acids is 1. The van der Waals surface area contributed by atoms with Crippen LogP contribution in [0.4, 0.5) is 5.95 Å². The second-order valence-electron chi connectivity index (χ2n) is 6.01. The standard InChI is InChI=1S/C17H22N4O2/c1-11-15-6-5-14(23-4)9-16(15)19-17(18-11)21-8-7-13(10-21)20(3)12(2)22/h5-6,9,13H,7-8,10H2,1-4H3. The SMILES string of the molecule is COc1ccc2c(C)nc(N3CCC(N(C)C(C)=O)C3)nc2c1. The molecule has 1 atom stereocenters. The quantitative estimate of drug-likeness (QED) is 0.867. The van der Waals surface area contributed by atoms with Crippen LogP contribution in [-0.2, 0) is 4.79 Å². The Balaban J connectivity index is 1.90. The van der Waals surface area contributed by atoms with Gasteiger partial charge in [-0.3, -0.25) is 4.79 Å². The molecule has 23 heavy (non-hydrogen) atoms. The van der Waals surface area contributed by atoms with E-state index >= 15 is 0 Å². The number of methoxy groups -OCH3 is 1. The maximum atomic E-state index is 11.5. The van der Waals surface area contributed by atoms with Gasteiger partial charge in [0.1, 0.15) is 5.75 Å². The first-order chi connectivity index (χ1) is 11.0. The van der Waals surface area contributed by atoms with E-state index in [1.807, 2.05) is 32.2 Å². The second-order valence-corrected chi connectivity index (χ2v) is 6.01. The molecule has 2 aromatic rings. The van der Waals surface area contributed by atoms with E-state index in [1.54, 1.807) is 18.9 Å². The predicted molar refractivity (Wildman–Crippen MR) is 89.9 cm³/mol. The molecule has 2 heterocycles. The van der Waals surface area contributed by atoms with Crippen molar-refractivity contribution in [2.24, 2.45) is 0 Å². The normalized spacial score (nSPS) is 17.6. The first-order valence-electron chi connectivity index (χ1n) is 7.80. The molecule has 6 nitrogen and oxygen atoms in total. The van der Waals surface area contributed by atoms with Crippen molar-refractivity contribution in [2.45, 2.75) is 26.3 Å². The Kier molecular flexibility index (Phi) is 4.07. The number of aromatic nitrogens is 2. The first kappa shape index (κ1) is 15.5. The Morgan fingerprint density at radius 1 is 1.39 bits per heavy atom. The third kappa shape index (κ3) is 2.93. The van der Waals surface area contributed by atoms with E-state index in [2.05, 4.69) is 9.88 Å². The van der Waals surface area contributed by atoms with E-state index in [4.69, 9.17) is 9.72 Å². The first-order valence-corrected chi connectivity index (χ1v) is 7.80. The van der Waals surface area contributed by atoms with Gasteiger partial charge in [-0.15, -0.1) is 0 Å². The molecular weight excluding hydrogens is 292 g/mol. The highest BCUT2D eigenvalue weighted by Crippen LogP contribution is 2.26. The monoisotopic (exact) mass is 314 g/mol. The Hall–Kier alpha value is -2.37. The number of benzene rings is 1. The molecule has 0 radical (unpaired) electrons. The minimum Gasteiger partial charge on any atom is -0.497 e. The van der Waals surface area contributed by atoms with Crippen molar-refractivity contribution in [1.82, 2.24) is 14.9 Å². The van der Waals surface area contributed by atoms with Crippen molar-refractivity contribution >= 4 is 22.8 Å². The Morgan fingerprint density at radius 2 is 2.17 bits per heavy atom. The molecule has 0 spiro atoms. The average molecular weight is 314 g/mol. The van der Waals surface area contributed by atoms with Crippen molar-refractivity contribution in [1.29, 1.82) is 0 Å². The smallest absolute Gasteiger partial charge is 0.226 e. The number of fused-ring (bicyclic) bond motifs is 1. The van der Waals surface area contributed by atoms with Gasteiger partial charge in [0, 0.05) is 38.5 Å². The number of amides is 1. The number of nitrogens with zero attached hydrogens (tertiary/aromatic N) is 4. The largest absolute Gasteiger partial charge is 0.497 e. The highest BCUT2D eigenvalue weighted by molar-refractivity contribution is 5.83. The lowest BCUT2D eigenvalue weighted by Crippen LogP contribution is -2.37. The lowest BCUT2D eigenvalue weighted by Gasteiger charge is -2.23. The van der Waals surface area contributed by atoms with Gasteiger partial charge in [0.25, 0.3) is 0 Å². The van der Waals surface area contributed by atoms with Gasteiger partial charge in [-0.2, -0.15) is 0 Å². The summed E-state index contributed by atoms with van der Waals surface area (Å²) in [5.74, 6) is 1.61. The fourth-order valence-corrected chi connectivity index (χ4v) is 3.02. The van der Waals surface area contributed by atoms with Crippen LogP contribution in [0.5, 0.6) is 5.75 Å². The Labute approximate surface area is 136 Å². The summed E-state index contributed by atoms with van der Waals surface area (Å²) in [4.78, 5) is 24.8. The molecule has 0 saturated carbocycles. The van der Waals surface area contributed by atoms with Crippen molar-refractivity contribution in [3.05, 3.63) is 23.9 Å². The number of hydrogen-bond donors (Lipinski definition) is 0. The highest BCUT2D eigenvalue weighted by atomic mass is 16.5. The molecule has 1 fully saturated rings. The number of hydrogen-bond acceptors (Lipinski definition) is 5. The molecule has 3 rings (SSSR count). The van der Waals surface area contributed by atoms with E-state index in [0.717, 1.165) is 47.8 Å². The van der Waals surface area contributed by atoms with Gasteiger partial charge in [-0.1, -0.05) is 0 Å². The Bertz CT molecular complexity index is 747. The summed E-state index contributed by atoms with van der Waals surface area (Å²) >= 11 is 0. The van der Waals surface area contributed by atoms with Gasteiger partial charge in [-0.05, 0) is 25.5 Å². The topological polar surface area (TPSA) is 58.6 Å². The van der Waals surface area contributed by atoms with Crippen molar-refractivity contribution < 1.29 is 9.53 Å². The number of aryl methyl sites for hydroxylation is 1. The van der Waals surface area contributed by atoms with Crippen LogP contribution in [-0.4, -0.2) is 54.1 Å². The summed E-state index contributed by atoms with van der Waals surface area (Å²) in [5.41, 5.74) is 1.84. The summed E-state index contributed by atoms with van der Waals surface area (Å²) in [7, 11) is 3.51. The lowest BCUT2D eigenvalue weighted by molar-refractivity contribution is -0.129. The van der Waals surface area contributed by atoms with E-state index in [0.29, 0.717) is 0 Å². The number of anilines is 1. The van der Waals surface area contributed by atoms with Crippen molar-refractivity contribution in [3.63, 3.8) is 0 Å². The minimum atomic E-state index is 0.0946. The highest BCUT2D eigenvalue weighted by Gasteiger charge is 2.28. The maximum Gasteiger partial charge on any atom is 0.226 e. The van der Waals surface area contributed by atoms with Gasteiger partial charge in [0.05, 0.1) is 24.4 Å². The predicted octanol–water partition coefficient (Wildman–Crippen LogP) is 2.00. The zero-order valence-corrected chi connectivity index (χ0v) is 14.0. The molecule has 1 saturated heterocycles. The van der Waals surface area contributed by atoms with Crippen LogP contribution in [0.1, 0.15) is 19.0 Å². The third-order valence-electron chi connectivity index (χ3n) is 4.57. The van der Waals surface area contributed by atoms with Gasteiger partial charge < -0.3 is 14.5 Å². The molecule has 1 amide bonds. The molecule has 1 aromatic heterocycles. The molecule has 0 N–H and O–H groups in total. The zero-order valence-electron chi connectivity index (χ0n) is 14.0. The molecule has 0 bridgehead atoms. The van der Waals surface area contributed by atoms with Crippen LogP contribution in [0.15, 0.2) is 18.2 Å². The number of rotatable bonds is 3. The van der Waals surface area contributed by atoms with Crippen molar-refractivity contribution in [2.75, 3.05) is 32.1 Å². The summed E-state index contributed by atoms with van der Waals surface area (Å²) in [6, 6.07) is 6.07. The second kappa shape index (κ2) is 6.02. The van der Waals surface area contributed by atoms with E-state index < -0.39 is 0 Å². The average Bonchev–Trinajstić information content (AvgIpc) is 3.03. The number of ether oxygens (including phenoxy) is 1. The van der Waals surface area contributed by atoms with Crippen LogP contribution in [0, 0.1) is 6.92 Å². The molecule has 1 aromatic carbocycles. The summed E-state index contributed by atoms with van der Waals surface area (Å²) < 4.78 is 5.28. The summed E-state index contributed by atoms with van der Waals surface area (Å²) in [6.45, 7) is 5.23. The summed E-state index contributed by atoms with van der Waals surface area (Å²) in [5, 5.41) is 1.03. The molecule has 0 aliphatic carbocycles. The molecule has 122 valence electrons. The molecule has 1 aliphatic heterocycles. The van der Waals surface area contributed by atoms with Crippen LogP contribution < -0.4 is 9.64 Å².